The van der Waals surface area contributed by atoms with Gasteiger partial charge in [0.2, 0.25) is 0 Å². The maximum Gasteiger partial charge on any atom is 0.168 e. The summed E-state index contributed by atoms with van der Waals surface area (Å²) in [6.45, 7) is 3.48. The molecule has 2 aliphatic heterocycles. The highest BCUT2D eigenvalue weighted by molar-refractivity contribution is 6.41. The highest BCUT2D eigenvalue weighted by Crippen LogP contribution is 2.44. The van der Waals surface area contributed by atoms with Crippen LogP contribution in [0, 0.1) is 29.3 Å². The number of halogens is 3. The van der Waals surface area contributed by atoms with Crippen LogP contribution >= 0.6 is 0 Å². The maximum atomic E-state index is 14.1. The van der Waals surface area contributed by atoms with Crippen LogP contribution in [-0.4, -0.2) is 81.2 Å². The number of nitrogens with zero attached hydrogens (tertiary/aromatic N) is 3. The van der Waals surface area contributed by atoms with E-state index in [1.165, 1.54) is 6.07 Å². The smallest absolute Gasteiger partial charge is 0.168 e. The third-order valence-corrected chi connectivity index (χ3v) is 8.54. The van der Waals surface area contributed by atoms with Crippen molar-refractivity contribution in [3.8, 4) is 11.3 Å². The fourth-order valence-electron chi connectivity index (χ4n) is 6.33. The lowest BCUT2D eigenvalue weighted by Gasteiger charge is -2.53. The van der Waals surface area contributed by atoms with Crippen molar-refractivity contribution >= 4 is 21.5 Å². The standard InChI is InChI=1S/C24H31B2F3N4O2/c1-34-23(5-2-6-35-13-23)24(25,26)33-11-14-7-17(8-15(14)12-33)30-21-4-3-20(31-32-21)18-9-16(27)10-19(28)22(18)29/h3-4,9-10,14-15,17H,2,5-8,11-13,25-26H2,1H3,(H,30,32)/t14-,15+,17+,23?. The molecule has 0 spiro atoms. The van der Waals surface area contributed by atoms with Gasteiger partial charge < -0.3 is 19.7 Å². The Hall–Kier alpha value is -2.10. The van der Waals surface area contributed by atoms with Gasteiger partial charge in [-0.15, -0.1) is 10.2 Å². The minimum Gasteiger partial charge on any atom is -0.378 e. The SMILES string of the molecule is BC(B)(N1C[C@H]2C[C@H](Nc3ccc(-c4cc(F)cc(F)c4F)nn3)C[C@H]2C1)C1(OC)CCCOC1. The first-order valence-corrected chi connectivity index (χ1v) is 12.4. The first-order valence-electron chi connectivity index (χ1n) is 12.4. The van der Waals surface area contributed by atoms with Crippen molar-refractivity contribution in [2.24, 2.45) is 11.8 Å². The maximum absolute atomic E-state index is 14.1. The summed E-state index contributed by atoms with van der Waals surface area (Å²) in [4.78, 5) is 2.58. The summed E-state index contributed by atoms with van der Waals surface area (Å²) in [6.07, 6.45) is 4.08. The van der Waals surface area contributed by atoms with Crippen molar-refractivity contribution in [2.75, 3.05) is 38.7 Å². The predicted octanol–water partition coefficient (Wildman–Crippen LogP) is 1.80. The zero-order chi connectivity index (χ0) is 24.8. The van der Waals surface area contributed by atoms with Crippen LogP contribution in [0.3, 0.4) is 0 Å². The Labute approximate surface area is 205 Å². The number of anilines is 1. The van der Waals surface area contributed by atoms with Crippen LogP contribution in [0.2, 0.25) is 0 Å². The number of aromatic nitrogens is 2. The van der Waals surface area contributed by atoms with Crippen molar-refractivity contribution in [3.05, 3.63) is 41.7 Å². The lowest BCUT2D eigenvalue weighted by molar-refractivity contribution is -0.142. The average Bonchev–Trinajstić information content (AvgIpc) is 3.41. The quantitative estimate of drug-likeness (QED) is 0.497. The van der Waals surface area contributed by atoms with Gasteiger partial charge in [0, 0.05) is 44.5 Å². The van der Waals surface area contributed by atoms with Gasteiger partial charge >= 0.3 is 0 Å². The summed E-state index contributed by atoms with van der Waals surface area (Å²) >= 11 is 0. The Morgan fingerprint density at radius 2 is 1.89 bits per heavy atom. The Kier molecular flexibility index (Phi) is 6.61. The molecule has 4 atom stereocenters. The highest BCUT2D eigenvalue weighted by atomic mass is 19.2. The van der Waals surface area contributed by atoms with Gasteiger partial charge in [-0.25, -0.2) is 13.2 Å². The van der Waals surface area contributed by atoms with Crippen molar-refractivity contribution in [1.29, 1.82) is 0 Å². The monoisotopic (exact) mass is 486 g/mol. The van der Waals surface area contributed by atoms with E-state index < -0.39 is 17.5 Å². The van der Waals surface area contributed by atoms with E-state index in [0.29, 0.717) is 30.3 Å². The third-order valence-electron chi connectivity index (χ3n) is 8.54. The second-order valence-corrected chi connectivity index (χ2v) is 10.7. The molecule has 2 saturated heterocycles. The van der Waals surface area contributed by atoms with E-state index in [0.717, 1.165) is 51.4 Å². The van der Waals surface area contributed by atoms with E-state index in [-0.39, 0.29) is 28.2 Å². The van der Waals surface area contributed by atoms with Gasteiger partial charge in [-0.3, -0.25) is 0 Å². The van der Waals surface area contributed by atoms with E-state index in [9.17, 15) is 13.2 Å². The minimum atomic E-state index is -1.24. The molecule has 1 N–H and O–H groups in total. The number of likely N-dealkylation sites (tertiary alicyclic amines) is 1. The Morgan fingerprint density at radius 1 is 1.14 bits per heavy atom. The number of hydrogen-bond acceptors (Lipinski definition) is 6. The normalized spacial score (nSPS) is 29.3. The van der Waals surface area contributed by atoms with Crippen LogP contribution in [0.1, 0.15) is 25.7 Å². The molecule has 1 aliphatic carbocycles. The van der Waals surface area contributed by atoms with Crippen LogP contribution in [0.5, 0.6) is 0 Å². The molecule has 35 heavy (non-hydrogen) atoms. The summed E-state index contributed by atoms with van der Waals surface area (Å²) < 4.78 is 53.0. The first kappa shape index (κ1) is 24.6. The van der Waals surface area contributed by atoms with E-state index >= 15 is 0 Å². The number of benzene rings is 1. The molecule has 3 heterocycles. The number of nitrogens with one attached hydrogen (secondary N) is 1. The molecule has 186 valence electrons. The molecule has 11 heteroatoms. The molecule has 6 nitrogen and oxygen atoms in total. The van der Waals surface area contributed by atoms with Crippen LogP contribution in [0.15, 0.2) is 24.3 Å². The molecule has 1 aromatic carbocycles. The molecule has 1 aromatic heterocycles. The van der Waals surface area contributed by atoms with Crippen molar-refractivity contribution in [3.63, 3.8) is 0 Å². The molecule has 1 unspecified atom stereocenters. The van der Waals surface area contributed by atoms with Gasteiger partial charge in [-0.1, -0.05) is 0 Å². The lowest BCUT2D eigenvalue weighted by atomic mass is 9.50. The number of rotatable bonds is 6. The van der Waals surface area contributed by atoms with Crippen LogP contribution in [0.25, 0.3) is 11.3 Å². The molecule has 0 bridgehead atoms. The van der Waals surface area contributed by atoms with E-state index in [4.69, 9.17) is 9.47 Å². The van der Waals surface area contributed by atoms with Crippen LogP contribution in [0.4, 0.5) is 19.0 Å². The molecule has 2 aromatic rings. The molecule has 3 fully saturated rings. The topological polar surface area (TPSA) is 59.5 Å². The lowest BCUT2D eigenvalue weighted by Crippen LogP contribution is -2.68. The molecule has 3 aliphatic rings. The van der Waals surface area contributed by atoms with Gasteiger partial charge in [0.1, 0.15) is 27.3 Å². The second-order valence-electron chi connectivity index (χ2n) is 10.7. The van der Waals surface area contributed by atoms with Gasteiger partial charge in [-0.05, 0) is 61.1 Å². The Balaban J connectivity index is 1.21. The Morgan fingerprint density at radius 3 is 2.49 bits per heavy atom. The molecule has 1 saturated carbocycles. The third kappa shape index (κ3) is 4.47. The largest absolute Gasteiger partial charge is 0.378 e. The molecular weight excluding hydrogens is 455 g/mol. The summed E-state index contributed by atoms with van der Waals surface area (Å²) in [6, 6.07) is 4.92. The number of ether oxygens (including phenoxy) is 2. The first-order chi connectivity index (χ1) is 16.7. The van der Waals surface area contributed by atoms with Crippen molar-refractivity contribution in [2.45, 2.75) is 42.7 Å². The van der Waals surface area contributed by atoms with E-state index in [2.05, 4.69) is 36.1 Å². The summed E-state index contributed by atoms with van der Waals surface area (Å²) in [5.74, 6) is -1.49. The van der Waals surface area contributed by atoms with Gasteiger partial charge in [0.15, 0.2) is 11.6 Å². The zero-order valence-electron chi connectivity index (χ0n) is 20.5. The molecular formula is C24H31B2F3N4O2. The van der Waals surface area contributed by atoms with Crippen LogP contribution < -0.4 is 5.32 Å². The number of hydrogen-bond donors (Lipinski definition) is 1. The fourth-order valence-corrected chi connectivity index (χ4v) is 6.33. The van der Waals surface area contributed by atoms with E-state index in [1.807, 2.05) is 0 Å². The average molecular weight is 486 g/mol. The van der Waals surface area contributed by atoms with E-state index in [1.54, 1.807) is 13.2 Å². The predicted molar refractivity (Wildman–Crippen MR) is 132 cm³/mol. The summed E-state index contributed by atoms with van der Waals surface area (Å²) in [5, 5.41) is 11.5. The minimum absolute atomic E-state index is 0.0892. The molecule has 0 amide bonds. The second kappa shape index (κ2) is 9.41. The van der Waals surface area contributed by atoms with Crippen molar-refractivity contribution < 1.29 is 22.6 Å². The molecule has 0 radical (unpaired) electrons. The van der Waals surface area contributed by atoms with Crippen LogP contribution in [-0.2, 0) is 9.47 Å². The van der Waals surface area contributed by atoms with Crippen molar-refractivity contribution in [1.82, 2.24) is 15.1 Å². The Bertz CT molecular complexity index is 1060. The zero-order valence-corrected chi connectivity index (χ0v) is 20.5. The van der Waals surface area contributed by atoms with Gasteiger partial charge in [0.05, 0.1) is 17.9 Å². The van der Waals surface area contributed by atoms with Gasteiger partial charge in [-0.2, -0.15) is 0 Å². The van der Waals surface area contributed by atoms with Gasteiger partial charge in [0.25, 0.3) is 0 Å². The highest BCUT2D eigenvalue weighted by Gasteiger charge is 2.53. The number of fused-ring (bicyclic) bond motifs is 1. The molecule has 5 rings (SSSR count). The summed E-state index contributed by atoms with van der Waals surface area (Å²) in [5.41, 5.74) is -0.439. The fraction of sp³-hybridized carbons (Fsp3) is 0.583. The number of methoxy groups -OCH3 is 1. The summed E-state index contributed by atoms with van der Waals surface area (Å²) in [7, 11) is 6.37.